The molecule has 0 saturated carbocycles. The van der Waals surface area contributed by atoms with E-state index in [1.54, 1.807) is 0 Å². The summed E-state index contributed by atoms with van der Waals surface area (Å²) in [6.07, 6.45) is 11.9. The summed E-state index contributed by atoms with van der Waals surface area (Å²) in [6, 6.07) is 0. The molecular weight excluding hydrogens is 136 g/mol. The Morgan fingerprint density at radius 1 is 1.00 bits per heavy atom. The van der Waals surface area contributed by atoms with Crippen molar-refractivity contribution in [1.29, 1.82) is 0 Å². The van der Waals surface area contributed by atoms with Crippen LogP contribution in [0.3, 0.4) is 0 Å². The standard InChI is InChI=1S/C10H18O/c1-2-3-4-5-6-7-8-9-10-11/h5-6,10H,2-4,7-9H2,1H3/b6-5+. The zero-order valence-electron chi connectivity index (χ0n) is 7.38. The van der Waals surface area contributed by atoms with Gasteiger partial charge in [0.25, 0.3) is 0 Å². The lowest BCUT2D eigenvalue weighted by Gasteiger charge is -1.89. The Balaban J connectivity index is 2.97. The molecule has 0 saturated heterocycles. The van der Waals surface area contributed by atoms with E-state index in [0.717, 1.165) is 19.1 Å². The molecule has 0 bridgehead atoms. The van der Waals surface area contributed by atoms with Gasteiger partial charge in [0.15, 0.2) is 0 Å². The van der Waals surface area contributed by atoms with Gasteiger partial charge >= 0.3 is 0 Å². The largest absolute Gasteiger partial charge is 0.303 e. The minimum absolute atomic E-state index is 0.706. The Hall–Kier alpha value is -0.590. The number of carbonyl (C=O) groups excluding carboxylic acids is 1. The second-order valence-electron chi connectivity index (χ2n) is 2.71. The predicted octanol–water partition coefficient (Wildman–Crippen LogP) is 3.10. The van der Waals surface area contributed by atoms with Gasteiger partial charge in [0, 0.05) is 6.42 Å². The molecule has 0 radical (unpaired) electrons. The third kappa shape index (κ3) is 9.41. The van der Waals surface area contributed by atoms with Crippen molar-refractivity contribution in [2.75, 3.05) is 0 Å². The summed E-state index contributed by atoms with van der Waals surface area (Å²) in [5.41, 5.74) is 0. The zero-order chi connectivity index (χ0) is 8.36. The molecule has 1 nitrogen and oxygen atoms in total. The first-order chi connectivity index (χ1) is 5.41. The van der Waals surface area contributed by atoms with Gasteiger partial charge in [0.05, 0.1) is 0 Å². The summed E-state index contributed by atoms with van der Waals surface area (Å²) in [7, 11) is 0. The molecule has 0 aromatic heterocycles. The molecule has 0 heterocycles. The van der Waals surface area contributed by atoms with E-state index in [4.69, 9.17) is 0 Å². The van der Waals surface area contributed by atoms with Crippen molar-refractivity contribution in [2.24, 2.45) is 0 Å². The highest BCUT2D eigenvalue weighted by atomic mass is 16.1. The van der Waals surface area contributed by atoms with Crippen LogP contribution >= 0.6 is 0 Å². The van der Waals surface area contributed by atoms with Crippen LogP contribution in [0.1, 0.15) is 45.4 Å². The van der Waals surface area contributed by atoms with Gasteiger partial charge in [0.1, 0.15) is 6.29 Å². The monoisotopic (exact) mass is 154 g/mol. The molecule has 0 spiro atoms. The highest BCUT2D eigenvalue weighted by molar-refractivity contribution is 5.48. The van der Waals surface area contributed by atoms with Crippen molar-refractivity contribution >= 4 is 6.29 Å². The maximum absolute atomic E-state index is 9.92. The highest BCUT2D eigenvalue weighted by Crippen LogP contribution is 1.98. The van der Waals surface area contributed by atoms with Crippen LogP contribution in [0, 0.1) is 0 Å². The molecule has 0 atom stereocenters. The number of carbonyl (C=O) groups is 1. The van der Waals surface area contributed by atoms with Crippen molar-refractivity contribution in [3.8, 4) is 0 Å². The van der Waals surface area contributed by atoms with E-state index in [0.29, 0.717) is 6.42 Å². The summed E-state index contributed by atoms with van der Waals surface area (Å²) in [4.78, 5) is 9.92. The first-order valence-electron chi connectivity index (χ1n) is 4.50. The Bertz CT molecular complexity index is 105. The van der Waals surface area contributed by atoms with E-state index in [2.05, 4.69) is 19.1 Å². The number of aldehydes is 1. The van der Waals surface area contributed by atoms with Crippen LogP contribution in [0.4, 0.5) is 0 Å². The molecular formula is C10H18O. The summed E-state index contributed by atoms with van der Waals surface area (Å²) in [6.45, 7) is 2.19. The number of allylic oxidation sites excluding steroid dienone is 2. The van der Waals surface area contributed by atoms with Crippen LogP contribution in [0.2, 0.25) is 0 Å². The van der Waals surface area contributed by atoms with E-state index in [-0.39, 0.29) is 0 Å². The van der Waals surface area contributed by atoms with E-state index in [1.807, 2.05) is 0 Å². The smallest absolute Gasteiger partial charge is 0.120 e. The predicted molar refractivity (Wildman–Crippen MR) is 48.6 cm³/mol. The molecule has 0 unspecified atom stereocenters. The van der Waals surface area contributed by atoms with E-state index < -0.39 is 0 Å². The van der Waals surface area contributed by atoms with E-state index in [9.17, 15) is 4.79 Å². The van der Waals surface area contributed by atoms with Crippen molar-refractivity contribution < 1.29 is 4.79 Å². The average Bonchev–Trinajstić information content (AvgIpc) is 2.03. The molecule has 11 heavy (non-hydrogen) atoms. The molecule has 0 rings (SSSR count). The van der Waals surface area contributed by atoms with Gasteiger partial charge in [-0.2, -0.15) is 0 Å². The molecule has 0 aliphatic rings. The minimum atomic E-state index is 0.706. The summed E-state index contributed by atoms with van der Waals surface area (Å²) in [5.74, 6) is 0. The van der Waals surface area contributed by atoms with E-state index in [1.165, 1.54) is 19.3 Å². The van der Waals surface area contributed by atoms with Gasteiger partial charge < -0.3 is 4.79 Å². The van der Waals surface area contributed by atoms with Crippen LogP contribution in [-0.4, -0.2) is 6.29 Å². The second kappa shape index (κ2) is 9.41. The molecule has 0 fully saturated rings. The van der Waals surface area contributed by atoms with Crippen LogP contribution in [-0.2, 0) is 4.79 Å². The normalized spacial score (nSPS) is 10.6. The summed E-state index contributed by atoms with van der Waals surface area (Å²) >= 11 is 0. The third-order valence-corrected chi connectivity index (χ3v) is 1.58. The molecule has 0 aliphatic carbocycles. The summed E-state index contributed by atoms with van der Waals surface area (Å²) in [5, 5.41) is 0. The molecule has 0 aromatic carbocycles. The fourth-order valence-corrected chi connectivity index (χ4v) is 0.877. The van der Waals surface area contributed by atoms with Crippen LogP contribution in [0.15, 0.2) is 12.2 Å². The van der Waals surface area contributed by atoms with Gasteiger partial charge in [-0.25, -0.2) is 0 Å². The Morgan fingerprint density at radius 3 is 2.18 bits per heavy atom. The summed E-state index contributed by atoms with van der Waals surface area (Å²) < 4.78 is 0. The molecule has 64 valence electrons. The van der Waals surface area contributed by atoms with Gasteiger partial charge in [-0.3, -0.25) is 0 Å². The van der Waals surface area contributed by atoms with Crippen LogP contribution in [0.25, 0.3) is 0 Å². The first kappa shape index (κ1) is 10.4. The number of rotatable bonds is 7. The van der Waals surface area contributed by atoms with Gasteiger partial charge in [0.2, 0.25) is 0 Å². The lowest BCUT2D eigenvalue weighted by atomic mass is 10.2. The molecule has 0 aliphatic heterocycles. The number of hydrogen-bond acceptors (Lipinski definition) is 1. The van der Waals surface area contributed by atoms with Gasteiger partial charge in [-0.05, 0) is 19.3 Å². The topological polar surface area (TPSA) is 17.1 Å². The fraction of sp³-hybridized carbons (Fsp3) is 0.700. The number of unbranched alkanes of at least 4 members (excludes halogenated alkanes) is 4. The first-order valence-corrected chi connectivity index (χ1v) is 4.50. The third-order valence-electron chi connectivity index (χ3n) is 1.58. The second-order valence-corrected chi connectivity index (χ2v) is 2.71. The molecule has 1 heteroatoms. The van der Waals surface area contributed by atoms with Crippen molar-refractivity contribution in [2.45, 2.75) is 45.4 Å². The van der Waals surface area contributed by atoms with E-state index >= 15 is 0 Å². The minimum Gasteiger partial charge on any atom is -0.303 e. The van der Waals surface area contributed by atoms with Crippen LogP contribution < -0.4 is 0 Å². The fourth-order valence-electron chi connectivity index (χ4n) is 0.877. The Kier molecular flexibility index (Phi) is 8.91. The quantitative estimate of drug-likeness (QED) is 0.313. The molecule has 0 aromatic rings. The van der Waals surface area contributed by atoms with Crippen molar-refractivity contribution in [1.82, 2.24) is 0 Å². The van der Waals surface area contributed by atoms with Gasteiger partial charge in [-0.15, -0.1) is 0 Å². The van der Waals surface area contributed by atoms with Crippen LogP contribution in [0.5, 0.6) is 0 Å². The number of hydrogen-bond donors (Lipinski definition) is 0. The van der Waals surface area contributed by atoms with Gasteiger partial charge in [-0.1, -0.05) is 31.9 Å². The lowest BCUT2D eigenvalue weighted by molar-refractivity contribution is -0.107. The molecule has 0 amide bonds. The highest BCUT2D eigenvalue weighted by Gasteiger charge is 1.81. The van der Waals surface area contributed by atoms with Crippen molar-refractivity contribution in [3.05, 3.63) is 12.2 Å². The van der Waals surface area contributed by atoms with Crippen molar-refractivity contribution in [3.63, 3.8) is 0 Å². The maximum Gasteiger partial charge on any atom is 0.120 e. The average molecular weight is 154 g/mol. The lowest BCUT2D eigenvalue weighted by Crippen LogP contribution is -1.74. The maximum atomic E-state index is 9.92. The molecule has 0 N–H and O–H groups in total. The Morgan fingerprint density at radius 2 is 1.64 bits per heavy atom. The Labute approximate surface area is 69.5 Å². The zero-order valence-corrected chi connectivity index (χ0v) is 7.38. The SMILES string of the molecule is CCCC/C=C/CCCC=O.